The zero-order valence-corrected chi connectivity index (χ0v) is 12.3. The summed E-state index contributed by atoms with van der Waals surface area (Å²) in [6.45, 7) is 1.63. The Bertz CT molecular complexity index is 443. The van der Waals surface area contributed by atoms with E-state index in [1.165, 1.54) is 25.6 Å². The number of halogens is 2. The van der Waals surface area contributed by atoms with E-state index >= 15 is 0 Å². The molecule has 18 heavy (non-hydrogen) atoms. The number of hydrogen-bond donors (Lipinski definition) is 0. The minimum Gasteiger partial charge on any atom is -0.374 e. The molecule has 0 bridgehead atoms. The Hall–Kier alpha value is -0.390. The van der Waals surface area contributed by atoms with Gasteiger partial charge in [0, 0.05) is 6.54 Å². The maximum atomic E-state index is 6.05. The molecule has 2 unspecified atom stereocenters. The predicted molar refractivity (Wildman–Crippen MR) is 74.1 cm³/mol. The van der Waals surface area contributed by atoms with Crippen LogP contribution in [0, 0.1) is 0 Å². The molecule has 2 aliphatic rings. The summed E-state index contributed by atoms with van der Waals surface area (Å²) in [4.78, 5) is 10.7. The number of fused-ring (bicyclic) bond motifs is 1. The van der Waals surface area contributed by atoms with Crippen LogP contribution in [-0.2, 0) is 4.74 Å². The van der Waals surface area contributed by atoms with Gasteiger partial charge < -0.3 is 9.64 Å². The van der Waals surface area contributed by atoms with E-state index < -0.39 is 0 Å². The molecule has 0 radical (unpaired) electrons. The largest absolute Gasteiger partial charge is 0.374 e. The first-order valence-corrected chi connectivity index (χ1v) is 7.48. The number of aromatic nitrogens is 2. The third-order valence-electron chi connectivity index (χ3n) is 3.73. The molecule has 1 aromatic rings. The maximum absolute atomic E-state index is 6.05. The Kier molecular flexibility index (Phi) is 3.73. The van der Waals surface area contributed by atoms with Crippen LogP contribution in [0.4, 0.5) is 5.82 Å². The van der Waals surface area contributed by atoms with E-state index in [1.807, 2.05) is 0 Å². The number of anilines is 1. The third-order valence-corrected chi connectivity index (χ3v) is 4.98. The van der Waals surface area contributed by atoms with Crippen molar-refractivity contribution in [1.82, 2.24) is 9.97 Å². The van der Waals surface area contributed by atoms with Crippen molar-refractivity contribution in [3.63, 3.8) is 0 Å². The van der Waals surface area contributed by atoms with Crippen LogP contribution in [0.5, 0.6) is 0 Å². The Labute approximate surface area is 120 Å². The monoisotopic (exact) mass is 331 g/mol. The van der Waals surface area contributed by atoms with Gasteiger partial charge in [-0.3, -0.25) is 0 Å². The van der Waals surface area contributed by atoms with Gasteiger partial charge in [-0.1, -0.05) is 24.4 Å². The Morgan fingerprint density at radius 2 is 2.17 bits per heavy atom. The molecule has 4 nitrogen and oxygen atoms in total. The van der Waals surface area contributed by atoms with E-state index in [2.05, 4.69) is 30.8 Å². The predicted octanol–water partition coefficient (Wildman–Crippen LogP) is 3.04. The molecule has 1 saturated heterocycles. The fourth-order valence-electron chi connectivity index (χ4n) is 2.90. The van der Waals surface area contributed by atoms with Crippen molar-refractivity contribution in [3.05, 3.63) is 16.0 Å². The molecule has 6 heteroatoms. The number of ether oxygens (including phenoxy) is 1. The topological polar surface area (TPSA) is 38.2 Å². The minimum atomic E-state index is 0.341. The SMILES string of the molecule is Clc1ncnc(N2CCOC3CCCCC32)c1Br. The lowest BCUT2D eigenvalue weighted by Crippen LogP contribution is -2.53. The Morgan fingerprint density at radius 1 is 1.33 bits per heavy atom. The van der Waals surface area contributed by atoms with Crippen LogP contribution >= 0.6 is 27.5 Å². The van der Waals surface area contributed by atoms with Crippen LogP contribution in [0.15, 0.2) is 10.8 Å². The summed E-state index contributed by atoms with van der Waals surface area (Å²) in [6.07, 6.45) is 6.71. The molecule has 2 heterocycles. The highest BCUT2D eigenvalue weighted by Gasteiger charge is 2.35. The number of morpholine rings is 1. The van der Waals surface area contributed by atoms with Crippen molar-refractivity contribution in [3.8, 4) is 0 Å². The first kappa shape index (κ1) is 12.6. The van der Waals surface area contributed by atoms with Crippen molar-refractivity contribution >= 4 is 33.3 Å². The smallest absolute Gasteiger partial charge is 0.148 e. The van der Waals surface area contributed by atoms with Crippen molar-refractivity contribution in [2.24, 2.45) is 0 Å². The van der Waals surface area contributed by atoms with Crippen molar-refractivity contribution in [2.75, 3.05) is 18.1 Å². The maximum Gasteiger partial charge on any atom is 0.148 e. The molecule has 0 N–H and O–H groups in total. The molecule has 1 aromatic heterocycles. The van der Waals surface area contributed by atoms with Gasteiger partial charge >= 0.3 is 0 Å². The van der Waals surface area contributed by atoms with Gasteiger partial charge in [0.05, 0.1) is 23.2 Å². The van der Waals surface area contributed by atoms with E-state index in [-0.39, 0.29) is 0 Å². The minimum absolute atomic E-state index is 0.341. The molecule has 1 aliphatic carbocycles. The lowest BCUT2D eigenvalue weighted by molar-refractivity contribution is -0.00905. The molecular formula is C12H15BrClN3O. The number of nitrogens with zero attached hydrogens (tertiary/aromatic N) is 3. The van der Waals surface area contributed by atoms with Gasteiger partial charge in [0.2, 0.25) is 0 Å². The third kappa shape index (κ3) is 2.24. The molecule has 0 spiro atoms. The van der Waals surface area contributed by atoms with Gasteiger partial charge in [-0.2, -0.15) is 0 Å². The first-order chi connectivity index (χ1) is 8.77. The van der Waals surface area contributed by atoms with E-state index in [1.54, 1.807) is 0 Å². The molecule has 2 atom stereocenters. The van der Waals surface area contributed by atoms with Crippen molar-refractivity contribution in [2.45, 2.75) is 37.8 Å². The molecule has 0 amide bonds. The lowest BCUT2D eigenvalue weighted by Gasteiger charge is -2.44. The second-order valence-electron chi connectivity index (χ2n) is 4.76. The molecule has 0 aromatic carbocycles. The number of hydrogen-bond acceptors (Lipinski definition) is 4. The second kappa shape index (κ2) is 5.31. The van der Waals surface area contributed by atoms with Crippen molar-refractivity contribution in [1.29, 1.82) is 0 Å². The first-order valence-electron chi connectivity index (χ1n) is 6.31. The van der Waals surface area contributed by atoms with Gasteiger partial charge in [-0.05, 0) is 28.8 Å². The summed E-state index contributed by atoms with van der Waals surface area (Å²) in [5.74, 6) is 0.898. The highest BCUT2D eigenvalue weighted by atomic mass is 79.9. The lowest BCUT2D eigenvalue weighted by atomic mass is 9.90. The summed E-state index contributed by atoms with van der Waals surface area (Å²) >= 11 is 9.55. The van der Waals surface area contributed by atoms with E-state index in [0.717, 1.165) is 29.9 Å². The summed E-state index contributed by atoms with van der Waals surface area (Å²) in [7, 11) is 0. The van der Waals surface area contributed by atoms with Gasteiger partial charge in [-0.15, -0.1) is 0 Å². The van der Waals surface area contributed by atoms with Gasteiger partial charge in [0.25, 0.3) is 0 Å². The highest BCUT2D eigenvalue weighted by Crippen LogP contribution is 2.36. The van der Waals surface area contributed by atoms with Crippen LogP contribution in [0.25, 0.3) is 0 Å². The fourth-order valence-corrected chi connectivity index (χ4v) is 3.46. The summed E-state index contributed by atoms with van der Waals surface area (Å²) < 4.78 is 6.66. The second-order valence-corrected chi connectivity index (χ2v) is 5.91. The molecular weight excluding hydrogens is 318 g/mol. The summed E-state index contributed by atoms with van der Waals surface area (Å²) in [5, 5.41) is 0.471. The highest BCUT2D eigenvalue weighted by molar-refractivity contribution is 9.10. The quantitative estimate of drug-likeness (QED) is 0.741. The van der Waals surface area contributed by atoms with E-state index in [4.69, 9.17) is 16.3 Å². The molecule has 98 valence electrons. The van der Waals surface area contributed by atoms with Crippen molar-refractivity contribution < 1.29 is 4.74 Å². The summed E-state index contributed by atoms with van der Waals surface area (Å²) in [6, 6.07) is 0.426. The van der Waals surface area contributed by atoms with E-state index in [0.29, 0.717) is 17.3 Å². The molecule has 1 aliphatic heterocycles. The molecule has 3 rings (SSSR count). The number of rotatable bonds is 1. The van der Waals surface area contributed by atoms with Crippen LogP contribution in [0.1, 0.15) is 25.7 Å². The van der Waals surface area contributed by atoms with Crippen LogP contribution in [0.3, 0.4) is 0 Å². The van der Waals surface area contributed by atoms with Crippen LogP contribution < -0.4 is 4.90 Å². The van der Waals surface area contributed by atoms with E-state index in [9.17, 15) is 0 Å². The standard InChI is InChI=1S/C12H15BrClN3O/c13-10-11(14)15-7-16-12(10)17-5-6-18-9-4-2-1-3-8(9)17/h7-9H,1-6H2. The van der Waals surface area contributed by atoms with Gasteiger partial charge in [-0.25, -0.2) is 9.97 Å². The Morgan fingerprint density at radius 3 is 3.06 bits per heavy atom. The average Bonchev–Trinajstić information content (AvgIpc) is 2.41. The fraction of sp³-hybridized carbons (Fsp3) is 0.667. The molecule has 2 fully saturated rings. The average molecular weight is 333 g/mol. The van der Waals surface area contributed by atoms with Gasteiger partial charge in [0.15, 0.2) is 0 Å². The normalized spacial score (nSPS) is 28.0. The Balaban J connectivity index is 1.92. The zero-order valence-electron chi connectivity index (χ0n) is 9.98. The summed E-state index contributed by atoms with van der Waals surface area (Å²) in [5.41, 5.74) is 0. The zero-order chi connectivity index (χ0) is 12.5. The van der Waals surface area contributed by atoms with Gasteiger partial charge in [0.1, 0.15) is 17.3 Å². The van der Waals surface area contributed by atoms with Crippen LogP contribution in [0.2, 0.25) is 5.15 Å². The molecule has 1 saturated carbocycles. The van der Waals surface area contributed by atoms with Crippen LogP contribution in [-0.4, -0.2) is 35.3 Å².